The molecule has 0 spiro atoms. The molecule has 0 bridgehead atoms. The standard InChI is InChI=1S/C22H27N5O2S/c28-20(23-10-13-26-11-2-1-3-12-26)17-6-4-7-18(16-17)25-22(29)27-14-15-30-21-19(27)8-5-9-24-21/h4-9,16H,1-3,10-15H2,(H,23,28)(H,25,29). The number of rotatable bonds is 5. The van der Waals surface area contributed by atoms with E-state index in [-0.39, 0.29) is 11.9 Å². The topological polar surface area (TPSA) is 77.6 Å². The number of likely N-dealkylation sites (tertiary alicyclic amines) is 1. The first-order valence-electron chi connectivity index (χ1n) is 10.5. The molecule has 3 amide bonds. The average molecular weight is 426 g/mol. The van der Waals surface area contributed by atoms with Gasteiger partial charge in [0.2, 0.25) is 0 Å². The van der Waals surface area contributed by atoms with Crippen molar-refractivity contribution in [2.75, 3.05) is 48.7 Å². The highest BCUT2D eigenvalue weighted by molar-refractivity contribution is 7.99. The molecule has 2 N–H and O–H groups in total. The molecular weight excluding hydrogens is 398 g/mol. The Morgan fingerprint density at radius 1 is 1.07 bits per heavy atom. The third-order valence-electron chi connectivity index (χ3n) is 5.38. The van der Waals surface area contributed by atoms with Crippen LogP contribution in [0.2, 0.25) is 0 Å². The van der Waals surface area contributed by atoms with E-state index in [4.69, 9.17) is 0 Å². The zero-order chi connectivity index (χ0) is 20.8. The molecule has 2 aromatic rings. The number of fused-ring (bicyclic) bond motifs is 1. The number of nitrogens with zero attached hydrogens (tertiary/aromatic N) is 3. The summed E-state index contributed by atoms with van der Waals surface area (Å²) in [6, 6.07) is 10.6. The maximum Gasteiger partial charge on any atom is 0.326 e. The van der Waals surface area contributed by atoms with E-state index in [1.54, 1.807) is 47.1 Å². The van der Waals surface area contributed by atoms with Crippen LogP contribution in [0.5, 0.6) is 0 Å². The highest BCUT2D eigenvalue weighted by Gasteiger charge is 2.23. The zero-order valence-corrected chi connectivity index (χ0v) is 17.8. The van der Waals surface area contributed by atoms with E-state index in [2.05, 4.69) is 20.5 Å². The Hall–Kier alpha value is -2.58. The number of hydrogen-bond donors (Lipinski definition) is 2. The summed E-state index contributed by atoms with van der Waals surface area (Å²) in [5.41, 5.74) is 1.97. The van der Waals surface area contributed by atoms with Crippen molar-refractivity contribution in [1.29, 1.82) is 0 Å². The van der Waals surface area contributed by atoms with Crippen LogP contribution in [-0.4, -0.2) is 60.3 Å². The Labute approximate surface area is 181 Å². The van der Waals surface area contributed by atoms with Crippen molar-refractivity contribution in [3.05, 3.63) is 48.2 Å². The van der Waals surface area contributed by atoms with Gasteiger partial charge < -0.3 is 15.5 Å². The Balaban J connectivity index is 1.34. The van der Waals surface area contributed by atoms with Gasteiger partial charge in [-0.1, -0.05) is 12.5 Å². The molecule has 1 fully saturated rings. The third kappa shape index (κ3) is 5.12. The minimum atomic E-state index is -0.216. The number of pyridine rings is 1. The third-order valence-corrected chi connectivity index (χ3v) is 6.35. The summed E-state index contributed by atoms with van der Waals surface area (Å²) in [5.74, 6) is 0.684. The van der Waals surface area contributed by atoms with Crippen LogP contribution in [0.4, 0.5) is 16.2 Å². The van der Waals surface area contributed by atoms with Crippen LogP contribution in [0.3, 0.4) is 0 Å². The van der Waals surface area contributed by atoms with Gasteiger partial charge in [0, 0.05) is 42.8 Å². The van der Waals surface area contributed by atoms with Gasteiger partial charge in [-0.25, -0.2) is 9.78 Å². The lowest BCUT2D eigenvalue weighted by atomic mass is 10.1. The number of benzene rings is 1. The van der Waals surface area contributed by atoms with Gasteiger partial charge in [-0.05, 0) is 56.3 Å². The predicted molar refractivity (Wildman–Crippen MR) is 120 cm³/mol. The molecule has 1 aromatic heterocycles. The fourth-order valence-electron chi connectivity index (χ4n) is 3.81. The molecule has 30 heavy (non-hydrogen) atoms. The van der Waals surface area contributed by atoms with E-state index >= 15 is 0 Å². The highest BCUT2D eigenvalue weighted by atomic mass is 32.2. The number of aromatic nitrogens is 1. The van der Waals surface area contributed by atoms with Crippen LogP contribution in [0.15, 0.2) is 47.6 Å². The molecule has 7 nitrogen and oxygen atoms in total. The van der Waals surface area contributed by atoms with Crippen molar-refractivity contribution in [3.8, 4) is 0 Å². The summed E-state index contributed by atoms with van der Waals surface area (Å²) in [6.45, 7) is 4.36. The largest absolute Gasteiger partial charge is 0.351 e. The second-order valence-corrected chi connectivity index (χ2v) is 8.58. The number of nitrogens with one attached hydrogen (secondary N) is 2. The summed E-state index contributed by atoms with van der Waals surface area (Å²) in [5, 5.41) is 6.77. The number of carbonyl (C=O) groups excluding carboxylic acids is 2. The number of thioether (sulfide) groups is 1. The smallest absolute Gasteiger partial charge is 0.326 e. The molecule has 8 heteroatoms. The first kappa shape index (κ1) is 20.7. The van der Waals surface area contributed by atoms with Gasteiger partial charge in [-0.3, -0.25) is 9.69 Å². The summed E-state index contributed by atoms with van der Waals surface area (Å²) >= 11 is 1.65. The zero-order valence-electron chi connectivity index (χ0n) is 17.0. The van der Waals surface area contributed by atoms with E-state index in [9.17, 15) is 9.59 Å². The van der Waals surface area contributed by atoms with E-state index in [0.717, 1.165) is 36.1 Å². The first-order chi connectivity index (χ1) is 14.7. The molecule has 0 radical (unpaired) electrons. The van der Waals surface area contributed by atoms with Gasteiger partial charge in [0.25, 0.3) is 5.91 Å². The SMILES string of the molecule is O=C(NCCN1CCCCC1)c1cccc(NC(=O)N2CCSc3ncccc32)c1. The van der Waals surface area contributed by atoms with E-state index in [0.29, 0.717) is 24.3 Å². The van der Waals surface area contributed by atoms with Crippen molar-refractivity contribution >= 4 is 35.1 Å². The second-order valence-electron chi connectivity index (χ2n) is 7.50. The van der Waals surface area contributed by atoms with Gasteiger partial charge in [0.1, 0.15) is 5.03 Å². The van der Waals surface area contributed by atoms with Crippen LogP contribution < -0.4 is 15.5 Å². The van der Waals surface area contributed by atoms with Crippen molar-refractivity contribution in [2.45, 2.75) is 24.3 Å². The predicted octanol–water partition coefficient (Wildman–Crippen LogP) is 3.44. The maximum absolute atomic E-state index is 12.8. The molecule has 1 saturated heterocycles. The molecular formula is C22H27N5O2S. The molecule has 0 saturated carbocycles. The van der Waals surface area contributed by atoms with E-state index in [1.165, 1.54) is 19.3 Å². The molecule has 2 aliphatic rings. The number of urea groups is 1. The summed E-state index contributed by atoms with van der Waals surface area (Å²) in [7, 11) is 0. The fraction of sp³-hybridized carbons (Fsp3) is 0.409. The lowest BCUT2D eigenvalue weighted by Crippen LogP contribution is -2.39. The van der Waals surface area contributed by atoms with E-state index in [1.807, 2.05) is 12.1 Å². The van der Waals surface area contributed by atoms with Gasteiger partial charge in [-0.2, -0.15) is 0 Å². The molecule has 2 aliphatic heterocycles. The molecule has 0 aliphatic carbocycles. The quantitative estimate of drug-likeness (QED) is 0.767. The number of amides is 3. The fourth-order valence-corrected chi connectivity index (χ4v) is 4.73. The van der Waals surface area contributed by atoms with Gasteiger partial charge in [0.05, 0.1) is 5.69 Å². The number of anilines is 2. The molecule has 1 aromatic carbocycles. The van der Waals surface area contributed by atoms with Crippen LogP contribution in [0, 0.1) is 0 Å². The molecule has 3 heterocycles. The lowest BCUT2D eigenvalue weighted by Gasteiger charge is -2.28. The Morgan fingerprint density at radius 2 is 1.93 bits per heavy atom. The summed E-state index contributed by atoms with van der Waals surface area (Å²) in [4.78, 5) is 33.8. The average Bonchev–Trinajstić information content (AvgIpc) is 2.79. The summed E-state index contributed by atoms with van der Waals surface area (Å²) in [6.07, 6.45) is 5.53. The minimum Gasteiger partial charge on any atom is -0.351 e. The number of hydrogen-bond acceptors (Lipinski definition) is 5. The molecule has 0 atom stereocenters. The Bertz CT molecular complexity index is 901. The summed E-state index contributed by atoms with van der Waals surface area (Å²) < 4.78 is 0. The van der Waals surface area contributed by atoms with Gasteiger partial charge >= 0.3 is 6.03 Å². The van der Waals surface area contributed by atoms with E-state index < -0.39 is 0 Å². The van der Waals surface area contributed by atoms with Crippen molar-refractivity contribution < 1.29 is 9.59 Å². The second kappa shape index (κ2) is 9.95. The van der Waals surface area contributed by atoms with Gasteiger partial charge in [-0.15, -0.1) is 11.8 Å². The molecule has 4 rings (SSSR count). The number of piperidine rings is 1. The van der Waals surface area contributed by atoms with Crippen LogP contribution in [0.25, 0.3) is 0 Å². The maximum atomic E-state index is 12.8. The van der Waals surface area contributed by atoms with Crippen molar-refractivity contribution in [1.82, 2.24) is 15.2 Å². The molecule has 0 unspecified atom stereocenters. The first-order valence-corrected chi connectivity index (χ1v) is 11.5. The lowest BCUT2D eigenvalue weighted by molar-refractivity contribution is 0.0946. The Kier molecular flexibility index (Phi) is 6.86. The van der Waals surface area contributed by atoms with Crippen LogP contribution in [-0.2, 0) is 0 Å². The Morgan fingerprint density at radius 3 is 2.80 bits per heavy atom. The highest BCUT2D eigenvalue weighted by Crippen LogP contribution is 2.32. The monoisotopic (exact) mass is 425 g/mol. The van der Waals surface area contributed by atoms with Crippen molar-refractivity contribution in [2.24, 2.45) is 0 Å². The van der Waals surface area contributed by atoms with Crippen LogP contribution >= 0.6 is 11.8 Å². The number of carbonyl (C=O) groups is 2. The normalized spacial score (nSPS) is 16.6. The van der Waals surface area contributed by atoms with Crippen molar-refractivity contribution in [3.63, 3.8) is 0 Å². The van der Waals surface area contributed by atoms with Gasteiger partial charge in [0.15, 0.2) is 0 Å². The van der Waals surface area contributed by atoms with Crippen LogP contribution in [0.1, 0.15) is 29.6 Å². The molecule has 158 valence electrons. The minimum absolute atomic E-state index is 0.118.